The fourth-order valence-electron chi connectivity index (χ4n) is 1.44. The molecule has 0 saturated carbocycles. The Kier molecular flexibility index (Phi) is 5.13. The molecule has 1 aromatic rings. The van der Waals surface area contributed by atoms with E-state index < -0.39 is 9.84 Å². The molecule has 0 heterocycles. The molecule has 0 aliphatic rings. The number of rotatable bonds is 6. The van der Waals surface area contributed by atoms with Crippen LogP contribution >= 0.6 is 0 Å². The highest BCUT2D eigenvalue weighted by Crippen LogP contribution is 2.18. The Morgan fingerprint density at radius 2 is 2.17 bits per heavy atom. The largest absolute Gasteiger partial charge is 0.495 e. The van der Waals surface area contributed by atoms with Crippen LogP contribution in [0.2, 0.25) is 0 Å². The van der Waals surface area contributed by atoms with E-state index in [0.717, 1.165) is 5.56 Å². The van der Waals surface area contributed by atoms with Gasteiger partial charge in [-0.3, -0.25) is 0 Å². The normalized spacial score (nSPS) is 10.9. The highest BCUT2D eigenvalue weighted by molar-refractivity contribution is 7.90. The minimum Gasteiger partial charge on any atom is -0.495 e. The summed E-state index contributed by atoms with van der Waals surface area (Å²) in [5, 5.41) is 11.9. The molecule has 0 aliphatic heterocycles. The SMILES string of the molecule is COc1ccc(CNCCS(C)(=O)=O)cc1C#N. The molecular weight excluding hydrogens is 252 g/mol. The van der Waals surface area contributed by atoms with Crippen molar-refractivity contribution in [1.29, 1.82) is 5.26 Å². The van der Waals surface area contributed by atoms with Crippen LogP contribution in [0, 0.1) is 11.3 Å². The van der Waals surface area contributed by atoms with Crippen LogP contribution in [0.4, 0.5) is 0 Å². The van der Waals surface area contributed by atoms with Crippen LogP contribution < -0.4 is 10.1 Å². The quantitative estimate of drug-likeness (QED) is 0.768. The second-order valence-electron chi connectivity index (χ2n) is 3.95. The van der Waals surface area contributed by atoms with Crippen LogP contribution in [0.15, 0.2) is 18.2 Å². The van der Waals surface area contributed by atoms with Crippen LogP contribution in [0.3, 0.4) is 0 Å². The topological polar surface area (TPSA) is 79.2 Å². The van der Waals surface area contributed by atoms with Gasteiger partial charge in [-0.15, -0.1) is 0 Å². The summed E-state index contributed by atoms with van der Waals surface area (Å²) >= 11 is 0. The van der Waals surface area contributed by atoms with Crippen molar-refractivity contribution in [3.05, 3.63) is 29.3 Å². The highest BCUT2D eigenvalue weighted by atomic mass is 32.2. The first-order valence-electron chi connectivity index (χ1n) is 5.41. The number of hydrogen-bond donors (Lipinski definition) is 1. The monoisotopic (exact) mass is 268 g/mol. The van der Waals surface area contributed by atoms with Crippen molar-refractivity contribution in [1.82, 2.24) is 5.32 Å². The summed E-state index contributed by atoms with van der Waals surface area (Å²) in [7, 11) is -1.42. The molecule has 5 nitrogen and oxygen atoms in total. The van der Waals surface area contributed by atoms with Gasteiger partial charge in [0.15, 0.2) is 0 Å². The van der Waals surface area contributed by atoms with Gasteiger partial charge in [0, 0.05) is 19.3 Å². The van der Waals surface area contributed by atoms with Gasteiger partial charge < -0.3 is 10.1 Å². The average Bonchev–Trinajstić information content (AvgIpc) is 2.33. The maximum Gasteiger partial charge on any atom is 0.148 e. The average molecular weight is 268 g/mol. The summed E-state index contributed by atoms with van der Waals surface area (Å²) in [6.07, 6.45) is 1.20. The third-order valence-corrected chi connectivity index (χ3v) is 3.31. The van der Waals surface area contributed by atoms with Gasteiger partial charge in [0.2, 0.25) is 0 Å². The van der Waals surface area contributed by atoms with Crippen molar-refractivity contribution in [2.45, 2.75) is 6.54 Å². The lowest BCUT2D eigenvalue weighted by Crippen LogP contribution is -2.21. The molecule has 0 unspecified atom stereocenters. The minimum atomic E-state index is -2.94. The van der Waals surface area contributed by atoms with Gasteiger partial charge in [0.25, 0.3) is 0 Å². The molecule has 0 amide bonds. The van der Waals surface area contributed by atoms with Crippen molar-refractivity contribution in [3.63, 3.8) is 0 Å². The van der Waals surface area contributed by atoms with Crippen LogP contribution in [-0.2, 0) is 16.4 Å². The summed E-state index contributed by atoms with van der Waals surface area (Å²) in [4.78, 5) is 0. The number of ether oxygens (including phenoxy) is 1. The molecule has 0 aromatic heterocycles. The van der Waals surface area contributed by atoms with Crippen molar-refractivity contribution < 1.29 is 13.2 Å². The van der Waals surface area contributed by atoms with E-state index in [1.54, 1.807) is 12.1 Å². The lowest BCUT2D eigenvalue weighted by Gasteiger charge is -2.07. The standard InChI is InChI=1S/C12H16N2O3S/c1-17-12-4-3-10(7-11(12)8-13)9-14-5-6-18(2,15)16/h3-4,7,14H,5-6,9H2,1-2H3. The molecule has 0 bridgehead atoms. The van der Waals surface area contributed by atoms with Gasteiger partial charge in [-0.2, -0.15) is 5.26 Å². The summed E-state index contributed by atoms with van der Waals surface area (Å²) in [5.74, 6) is 0.645. The van der Waals surface area contributed by atoms with E-state index in [0.29, 0.717) is 24.4 Å². The Morgan fingerprint density at radius 1 is 1.44 bits per heavy atom. The van der Waals surface area contributed by atoms with E-state index in [-0.39, 0.29) is 5.75 Å². The number of nitriles is 1. The Morgan fingerprint density at radius 3 is 2.72 bits per heavy atom. The van der Waals surface area contributed by atoms with Crippen molar-refractivity contribution in [2.75, 3.05) is 25.7 Å². The van der Waals surface area contributed by atoms with Crippen molar-refractivity contribution in [2.24, 2.45) is 0 Å². The predicted molar refractivity (Wildman–Crippen MR) is 69.1 cm³/mol. The maximum atomic E-state index is 10.9. The first-order chi connectivity index (χ1) is 8.46. The fraction of sp³-hybridized carbons (Fsp3) is 0.417. The predicted octanol–water partition coefficient (Wildman–Crippen LogP) is 0.701. The molecule has 0 aliphatic carbocycles. The first kappa shape index (κ1) is 14.5. The summed E-state index contributed by atoms with van der Waals surface area (Å²) in [6.45, 7) is 0.918. The maximum absolute atomic E-state index is 10.9. The lowest BCUT2D eigenvalue weighted by atomic mass is 10.1. The molecular formula is C12H16N2O3S. The van der Waals surface area contributed by atoms with Crippen LogP contribution in [-0.4, -0.2) is 34.1 Å². The van der Waals surface area contributed by atoms with Crippen molar-refractivity contribution >= 4 is 9.84 Å². The van der Waals surface area contributed by atoms with Crippen LogP contribution in [0.1, 0.15) is 11.1 Å². The van der Waals surface area contributed by atoms with Gasteiger partial charge in [-0.05, 0) is 17.7 Å². The first-order valence-corrected chi connectivity index (χ1v) is 7.48. The van der Waals surface area contributed by atoms with Gasteiger partial charge in [-0.25, -0.2) is 8.42 Å². The zero-order chi connectivity index (χ0) is 13.6. The fourth-order valence-corrected chi connectivity index (χ4v) is 1.96. The summed E-state index contributed by atoms with van der Waals surface area (Å²) < 4.78 is 26.9. The zero-order valence-electron chi connectivity index (χ0n) is 10.4. The number of methoxy groups -OCH3 is 1. The number of benzene rings is 1. The van der Waals surface area contributed by atoms with E-state index in [1.165, 1.54) is 13.4 Å². The second kappa shape index (κ2) is 6.38. The van der Waals surface area contributed by atoms with E-state index in [4.69, 9.17) is 10.00 Å². The molecule has 0 fully saturated rings. The third kappa shape index (κ3) is 4.73. The second-order valence-corrected chi connectivity index (χ2v) is 6.21. The Hall–Kier alpha value is -1.58. The van der Waals surface area contributed by atoms with Crippen molar-refractivity contribution in [3.8, 4) is 11.8 Å². The molecule has 1 N–H and O–H groups in total. The Bertz CT molecular complexity index is 547. The highest BCUT2D eigenvalue weighted by Gasteiger charge is 2.04. The summed E-state index contributed by atoms with van der Waals surface area (Å²) in [5.41, 5.74) is 1.39. The molecule has 0 atom stereocenters. The number of nitrogens with one attached hydrogen (secondary N) is 1. The lowest BCUT2D eigenvalue weighted by molar-refractivity contribution is 0.413. The third-order valence-electron chi connectivity index (χ3n) is 2.36. The molecule has 1 aromatic carbocycles. The minimum absolute atomic E-state index is 0.105. The van der Waals surface area contributed by atoms with Gasteiger partial charge in [-0.1, -0.05) is 6.07 Å². The molecule has 0 radical (unpaired) electrons. The van der Waals surface area contributed by atoms with E-state index >= 15 is 0 Å². The number of hydrogen-bond acceptors (Lipinski definition) is 5. The zero-order valence-corrected chi connectivity index (χ0v) is 11.3. The van der Waals surface area contributed by atoms with Crippen LogP contribution in [0.25, 0.3) is 0 Å². The molecule has 6 heteroatoms. The smallest absolute Gasteiger partial charge is 0.148 e. The Labute approximate surface area is 107 Å². The van der Waals surface area contributed by atoms with E-state index in [9.17, 15) is 8.42 Å². The number of nitrogens with zero attached hydrogens (tertiary/aromatic N) is 1. The molecule has 1 rings (SSSR count). The van der Waals surface area contributed by atoms with Gasteiger partial charge >= 0.3 is 0 Å². The van der Waals surface area contributed by atoms with Crippen LogP contribution in [0.5, 0.6) is 5.75 Å². The molecule has 0 saturated heterocycles. The molecule has 98 valence electrons. The van der Waals surface area contributed by atoms with E-state index in [2.05, 4.69) is 11.4 Å². The summed E-state index contributed by atoms with van der Waals surface area (Å²) in [6, 6.07) is 7.35. The molecule has 18 heavy (non-hydrogen) atoms. The van der Waals surface area contributed by atoms with Gasteiger partial charge in [0.05, 0.1) is 18.4 Å². The number of sulfone groups is 1. The molecule has 0 spiro atoms. The van der Waals surface area contributed by atoms with E-state index in [1.807, 2.05) is 6.07 Å². The Balaban J connectivity index is 2.56. The van der Waals surface area contributed by atoms with Gasteiger partial charge in [0.1, 0.15) is 21.7 Å².